The molecule has 0 aliphatic carbocycles. The Hall–Kier alpha value is -2.88. The van der Waals surface area contributed by atoms with Crippen LogP contribution in [0.1, 0.15) is 30.1 Å². The number of rotatable bonds is 6. The van der Waals surface area contributed by atoms with Gasteiger partial charge in [-0.3, -0.25) is 9.78 Å². The minimum atomic E-state index is -0.0476. The van der Waals surface area contributed by atoms with Gasteiger partial charge in [-0.2, -0.15) is 0 Å². The molecule has 3 rings (SSSR count). The molecule has 0 radical (unpaired) electrons. The van der Waals surface area contributed by atoms with Crippen molar-refractivity contribution in [1.82, 2.24) is 10.3 Å². The Morgan fingerprint density at radius 3 is 2.71 bits per heavy atom. The molecule has 0 spiro atoms. The van der Waals surface area contributed by atoms with Gasteiger partial charge >= 0.3 is 0 Å². The summed E-state index contributed by atoms with van der Waals surface area (Å²) in [7, 11) is 0. The fraction of sp³-hybridized carbons (Fsp3) is 0.200. The summed E-state index contributed by atoms with van der Waals surface area (Å²) in [6, 6.07) is 17.6. The molecule has 4 heteroatoms. The molecular formula is C20H21N3O. The maximum Gasteiger partial charge on any atom is 0.251 e. The van der Waals surface area contributed by atoms with E-state index in [9.17, 15) is 4.79 Å². The highest BCUT2D eigenvalue weighted by Crippen LogP contribution is 2.25. The lowest BCUT2D eigenvalue weighted by atomic mass is 10.1. The highest BCUT2D eigenvalue weighted by molar-refractivity contribution is 6.00. The highest BCUT2D eigenvalue weighted by Gasteiger charge is 2.08. The zero-order valence-electron chi connectivity index (χ0n) is 13.8. The molecule has 1 aromatic heterocycles. The molecule has 2 N–H and O–H groups in total. The highest BCUT2D eigenvalue weighted by atomic mass is 16.1. The van der Waals surface area contributed by atoms with Crippen molar-refractivity contribution < 1.29 is 4.79 Å². The van der Waals surface area contributed by atoms with Crippen molar-refractivity contribution in [2.45, 2.75) is 19.8 Å². The standard InChI is InChI=1S/C20H21N3O/c1-2-3-12-22-20(24)15-9-10-17-18(11-13-21-19(17)14-15)23-16-7-5-4-6-8-16/h4-11,13-14H,2-3,12H2,1H3,(H,21,23)(H,22,24). The molecule has 0 atom stereocenters. The van der Waals surface area contributed by atoms with Crippen LogP contribution >= 0.6 is 0 Å². The van der Waals surface area contributed by atoms with E-state index < -0.39 is 0 Å². The summed E-state index contributed by atoms with van der Waals surface area (Å²) in [5.41, 5.74) is 3.44. The Bertz CT molecular complexity index is 831. The molecule has 1 amide bonds. The number of amides is 1. The third kappa shape index (κ3) is 3.71. The number of carbonyl (C=O) groups is 1. The zero-order valence-corrected chi connectivity index (χ0v) is 13.8. The topological polar surface area (TPSA) is 54.0 Å². The smallest absolute Gasteiger partial charge is 0.251 e. The Morgan fingerprint density at radius 1 is 1.08 bits per heavy atom. The molecular weight excluding hydrogens is 298 g/mol. The van der Waals surface area contributed by atoms with Crippen molar-refractivity contribution in [1.29, 1.82) is 0 Å². The van der Waals surface area contributed by atoms with E-state index in [2.05, 4.69) is 22.5 Å². The lowest BCUT2D eigenvalue weighted by molar-refractivity contribution is 0.0953. The van der Waals surface area contributed by atoms with Gasteiger partial charge in [0.2, 0.25) is 0 Å². The van der Waals surface area contributed by atoms with Crippen molar-refractivity contribution in [3.63, 3.8) is 0 Å². The van der Waals surface area contributed by atoms with Gasteiger partial charge in [-0.1, -0.05) is 31.5 Å². The van der Waals surface area contributed by atoms with E-state index in [-0.39, 0.29) is 5.91 Å². The van der Waals surface area contributed by atoms with E-state index in [0.717, 1.165) is 35.1 Å². The number of aromatic nitrogens is 1. The average molecular weight is 319 g/mol. The molecule has 0 fully saturated rings. The fourth-order valence-corrected chi connectivity index (χ4v) is 2.56. The zero-order chi connectivity index (χ0) is 16.8. The van der Waals surface area contributed by atoms with Crippen LogP contribution in [0, 0.1) is 0 Å². The first-order chi connectivity index (χ1) is 11.8. The van der Waals surface area contributed by atoms with Gasteiger partial charge in [0.05, 0.1) is 5.52 Å². The molecule has 24 heavy (non-hydrogen) atoms. The number of hydrogen-bond acceptors (Lipinski definition) is 3. The van der Waals surface area contributed by atoms with Crippen LogP contribution in [0.5, 0.6) is 0 Å². The van der Waals surface area contributed by atoms with E-state index in [1.807, 2.05) is 54.6 Å². The number of unbranched alkanes of at least 4 members (excludes halogenated alkanes) is 1. The predicted molar refractivity (Wildman–Crippen MR) is 98.7 cm³/mol. The van der Waals surface area contributed by atoms with Crippen LogP contribution in [0.3, 0.4) is 0 Å². The van der Waals surface area contributed by atoms with Crippen molar-refractivity contribution in [2.75, 3.05) is 11.9 Å². The molecule has 0 aliphatic heterocycles. The van der Waals surface area contributed by atoms with Crippen LogP contribution in [0.4, 0.5) is 11.4 Å². The van der Waals surface area contributed by atoms with Crippen molar-refractivity contribution in [3.05, 3.63) is 66.4 Å². The predicted octanol–water partition coefficient (Wildman–Crippen LogP) is 4.51. The normalized spacial score (nSPS) is 10.5. The van der Waals surface area contributed by atoms with Gasteiger partial charge < -0.3 is 10.6 Å². The quantitative estimate of drug-likeness (QED) is 0.657. The molecule has 4 nitrogen and oxygen atoms in total. The first-order valence-corrected chi connectivity index (χ1v) is 8.27. The lowest BCUT2D eigenvalue weighted by Crippen LogP contribution is -2.24. The second-order valence-corrected chi connectivity index (χ2v) is 5.69. The first-order valence-electron chi connectivity index (χ1n) is 8.27. The summed E-state index contributed by atoms with van der Waals surface area (Å²) in [6.45, 7) is 2.81. The third-order valence-corrected chi connectivity index (χ3v) is 3.87. The fourth-order valence-electron chi connectivity index (χ4n) is 2.56. The number of para-hydroxylation sites is 1. The Morgan fingerprint density at radius 2 is 1.92 bits per heavy atom. The van der Waals surface area contributed by atoms with Gasteiger partial charge in [-0.15, -0.1) is 0 Å². The second kappa shape index (κ2) is 7.59. The Kier molecular flexibility index (Phi) is 5.06. The van der Waals surface area contributed by atoms with E-state index in [1.54, 1.807) is 6.20 Å². The molecule has 0 unspecified atom stereocenters. The van der Waals surface area contributed by atoms with Gasteiger partial charge in [-0.05, 0) is 42.8 Å². The summed E-state index contributed by atoms with van der Waals surface area (Å²) in [6.07, 6.45) is 3.81. The monoisotopic (exact) mass is 319 g/mol. The maximum atomic E-state index is 12.2. The number of benzene rings is 2. The van der Waals surface area contributed by atoms with E-state index in [1.165, 1.54) is 0 Å². The van der Waals surface area contributed by atoms with Gasteiger partial charge in [0.1, 0.15) is 0 Å². The largest absolute Gasteiger partial charge is 0.355 e. The van der Waals surface area contributed by atoms with Gasteiger partial charge in [0.25, 0.3) is 5.91 Å². The van der Waals surface area contributed by atoms with E-state index in [0.29, 0.717) is 12.1 Å². The Labute approximate surface area is 141 Å². The first kappa shape index (κ1) is 16.0. The van der Waals surface area contributed by atoms with Crippen LogP contribution in [-0.4, -0.2) is 17.4 Å². The van der Waals surface area contributed by atoms with Crippen molar-refractivity contribution in [3.8, 4) is 0 Å². The van der Waals surface area contributed by atoms with Crippen LogP contribution < -0.4 is 10.6 Å². The number of nitrogens with one attached hydrogen (secondary N) is 2. The lowest BCUT2D eigenvalue weighted by Gasteiger charge is -2.10. The number of anilines is 2. The maximum absolute atomic E-state index is 12.2. The van der Waals surface area contributed by atoms with Crippen molar-refractivity contribution >= 4 is 28.2 Å². The summed E-state index contributed by atoms with van der Waals surface area (Å²) in [5, 5.41) is 7.33. The summed E-state index contributed by atoms with van der Waals surface area (Å²) in [5.74, 6) is -0.0476. The third-order valence-electron chi connectivity index (χ3n) is 3.87. The number of nitrogens with zero attached hydrogens (tertiary/aromatic N) is 1. The molecule has 0 bridgehead atoms. The molecule has 0 saturated carbocycles. The van der Waals surface area contributed by atoms with Crippen molar-refractivity contribution in [2.24, 2.45) is 0 Å². The number of pyridine rings is 1. The van der Waals surface area contributed by atoms with Crippen LogP contribution in [0.2, 0.25) is 0 Å². The SMILES string of the molecule is CCCCNC(=O)c1ccc2c(Nc3ccccc3)ccnc2c1. The van der Waals surface area contributed by atoms with Gasteiger partial charge in [-0.25, -0.2) is 0 Å². The molecule has 2 aromatic carbocycles. The molecule has 1 heterocycles. The van der Waals surface area contributed by atoms with Crippen LogP contribution in [-0.2, 0) is 0 Å². The van der Waals surface area contributed by atoms with Gasteiger partial charge in [0.15, 0.2) is 0 Å². The summed E-state index contributed by atoms with van der Waals surface area (Å²) < 4.78 is 0. The number of carbonyl (C=O) groups excluding carboxylic acids is 1. The molecule has 0 saturated heterocycles. The molecule has 122 valence electrons. The summed E-state index contributed by atoms with van der Waals surface area (Å²) in [4.78, 5) is 16.6. The summed E-state index contributed by atoms with van der Waals surface area (Å²) >= 11 is 0. The molecule has 0 aliphatic rings. The minimum absolute atomic E-state index is 0.0476. The number of hydrogen-bond donors (Lipinski definition) is 2. The Balaban J connectivity index is 1.85. The molecule has 3 aromatic rings. The van der Waals surface area contributed by atoms with Crippen LogP contribution in [0.25, 0.3) is 10.9 Å². The van der Waals surface area contributed by atoms with E-state index in [4.69, 9.17) is 0 Å². The second-order valence-electron chi connectivity index (χ2n) is 5.69. The van der Waals surface area contributed by atoms with E-state index >= 15 is 0 Å². The number of fused-ring (bicyclic) bond motifs is 1. The average Bonchev–Trinajstić information content (AvgIpc) is 2.62. The van der Waals surface area contributed by atoms with Crippen LogP contribution in [0.15, 0.2) is 60.8 Å². The minimum Gasteiger partial charge on any atom is -0.355 e. The van der Waals surface area contributed by atoms with Gasteiger partial charge in [0, 0.05) is 35.1 Å².